The molecule has 0 radical (unpaired) electrons. The summed E-state index contributed by atoms with van der Waals surface area (Å²) in [5, 5.41) is 9.21. The van der Waals surface area contributed by atoms with Gasteiger partial charge in [-0.05, 0) is 6.42 Å². The summed E-state index contributed by atoms with van der Waals surface area (Å²) in [5.41, 5.74) is -0.463. The van der Waals surface area contributed by atoms with Crippen LogP contribution in [0.3, 0.4) is 0 Å². The van der Waals surface area contributed by atoms with E-state index in [1.54, 1.807) is 0 Å². The molecule has 1 heterocycles. The third-order valence-electron chi connectivity index (χ3n) is 4.91. The molecule has 0 aliphatic carbocycles. The van der Waals surface area contributed by atoms with Crippen LogP contribution in [-0.2, 0) is 6.42 Å². The molecule has 0 bridgehead atoms. The Morgan fingerprint density at radius 2 is 1.23 bits per heavy atom. The Morgan fingerprint density at radius 1 is 0.808 bits per heavy atom. The largest absolute Gasteiger partial charge is 0.492 e. The predicted molar refractivity (Wildman–Crippen MR) is 110 cm³/mol. The summed E-state index contributed by atoms with van der Waals surface area (Å²) in [6, 6.07) is 0. The SMILES string of the molecule is CCCCCCCCCCCCCCCCCc1nc(O)c(Cl)c(=O)[nH]1. The lowest BCUT2D eigenvalue weighted by Crippen LogP contribution is -2.11. The average Bonchev–Trinajstić information content (AvgIpc) is 2.62. The quantitative estimate of drug-likeness (QED) is 0.318. The molecule has 1 rings (SSSR count). The van der Waals surface area contributed by atoms with E-state index in [2.05, 4.69) is 16.9 Å². The number of aromatic nitrogens is 2. The molecule has 0 aliphatic rings. The van der Waals surface area contributed by atoms with Crippen LogP contribution >= 0.6 is 11.6 Å². The average molecular weight is 385 g/mol. The van der Waals surface area contributed by atoms with Gasteiger partial charge in [0.2, 0.25) is 5.88 Å². The zero-order valence-electron chi connectivity index (χ0n) is 16.5. The molecule has 4 nitrogen and oxygen atoms in total. The molecule has 0 spiro atoms. The minimum absolute atomic E-state index is 0.231. The van der Waals surface area contributed by atoms with E-state index >= 15 is 0 Å². The number of aromatic amines is 1. The van der Waals surface area contributed by atoms with Crippen molar-refractivity contribution < 1.29 is 5.11 Å². The van der Waals surface area contributed by atoms with Gasteiger partial charge in [-0.3, -0.25) is 4.79 Å². The summed E-state index contributed by atoms with van der Waals surface area (Å²) >= 11 is 5.59. The second-order valence-corrected chi connectivity index (χ2v) is 7.73. The molecular formula is C21H37ClN2O2. The van der Waals surface area contributed by atoms with Crippen molar-refractivity contribution in [2.24, 2.45) is 0 Å². The number of aromatic hydroxyl groups is 1. The van der Waals surface area contributed by atoms with Gasteiger partial charge >= 0.3 is 0 Å². The number of halogens is 1. The highest BCUT2D eigenvalue weighted by Gasteiger charge is 2.07. The highest BCUT2D eigenvalue weighted by Crippen LogP contribution is 2.16. The van der Waals surface area contributed by atoms with Gasteiger partial charge in [-0.25, -0.2) is 0 Å². The number of unbranched alkanes of at least 4 members (excludes halogenated alkanes) is 14. The van der Waals surface area contributed by atoms with Crippen molar-refractivity contribution in [2.45, 2.75) is 110 Å². The lowest BCUT2D eigenvalue weighted by Gasteiger charge is -2.04. The maximum absolute atomic E-state index is 11.4. The van der Waals surface area contributed by atoms with Gasteiger partial charge < -0.3 is 10.1 Å². The van der Waals surface area contributed by atoms with Crippen LogP contribution < -0.4 is 5.56 Å². The van der Waals surface area contributed by atoms with Crippen LogP contribution in [0.5, 0.6) is 5.88 Å². The second-order valence-electron chi connectivity index (χ2n) is 7.35. The van der Waals surface area contributed by atoms with Gasteiger partial charge in [-0.2, -0.15) is 4.98 Å². The number of nitrogens with zero attached hydrogens (tertiary/aromatic N) is 1. The standard InChI is InChI=1S/C21H37ClN2O2/c1-2-3-4-5-6-7-8-9-10-11-12-13-14-15-16-17-18-23-20(25)19(22)21(26)24-18/h2-17H2,1H3,(H2,23,24,25,26). The summed E-state index contributed by atoms with van der Waals surface area (Å²) in [6.45, 7) is 2.27. The van der Waals surface area contributed by atoms with E-state index in [4.69, 9.17) is 11.6 Å². The van der Waals surface area contributed by atoms with E-state index in [0.29, 0.717) is 12.2 Å². The van der Waals surface area contributed by atoms with E-state index in [-0.39, 0.29) is 10.9 Å². The highest BCUT2D eigenvalue weighted by atomic mass is 35.5. The van der Waals surface area contributed by atoms with Gasteiger partial charge in [-0.15, -0.1) is 0 Å². The molecule has 5 heteroatoms. The van der Waals surface area contributed by atoms with Crippen molar-refractivity contribution in [1.82, 2.24) is 9.97 Å². The number of hydrogen-bond donors (Lipinski definition) is 2. The van der Waals surface area contributed by atoms with Crippen LogP contribution in [0.15, 0.2) is 4.79 Å². The molecule has 0 amide bonds. The van der Waals surface area contributed by atoms with Crippen molar-refractivity contribution >= 4 is 11.6 Å². The lowest BCUT2D eigenvalue weighted by atomic mass is 10.0. The van der Waals surface area contributed by atoms with Gasteiger partial charge in [0.25, 0.3) is 5.56 Å². The molecule has 2 N–H and O–H groups in total. The Balaban J connectivity index is 1.87. The van der Waals surface area contributed by atoms with Crippen molar-refractivity contribution in [1.29, 1.82) is 0 Å². The van der Waals surface area contributed by atoms with Gasteiger partial charge in [0.15, 0.2) is 5.02 Å². The maximum atomic E-state index is 11.4. The van der Waals surface area contributed by atoms with Gasteiger partial charge in [0, 0.05) is 6.42 Å². The van der Waals surface area contributed by atoms with Crippen molar-refractivity contribution in [3.63, 3.8) is 0 Å². The van der Waals surface area contributed by atoms with Crippen molar-refractivity contribution in [3.05, 3.63) is 21.2 Å². The first-order valence-corrected chi connectivity index (χ1v) is 11.0. The Kier molecular flexibility index (Phi) is 13.3. The number of aryl methyl sites for hydroxylation is 1. The Hall–Kier alpha value is -1.03. The molecule has 0 aliphatic heterocycles. The smallest absolute Gasteiger partial charge is 0.273 e. The summed E-state index contributed by atoms with van der Waals surface area (Å²) in [4.78, 5) is 17.9. The third-order valence-corrected chi connectivity index (χ3v) is 5.25. The first-order valence-electron chi connectivity index (χ1n) is 10.6. The number of hydrogen-bond acceptors (Lipinski definition) is 3. The molecule has 0 saturated carbocycles. The summed E-state index contributed by atoms with van der Waals surface area (Å²) in [6.07, 6.45) is 20.6. The fourth-order valence-electron chi connectivity index (χ4n) is 3.27. The topological polar surface area (TPSA) is 66.0 Å². The minimum atomic E-state index is -0.463. The Morgan fingerprint density at radius 3 is 1.65 bits per heavy atom. The van der Waals surface area contributed by atoms with E-state index < -0.39 is 5.56 Å². The first kappa shape index (κ1) is 23.0. The summed E-state index contributed by atoms with van der Waals surface area (Å²) in [7, 11) is 0. The molecule has 0 atom stereocenters. The molecule has 0 saturated heterocycles. The van der Waals surface area contributed by atoms with Gasteiger partial charge in [-0.1, -0.05) is 108 Å². The first-order chi connectivity index (χ1) is 12.6. The molecule has 26 heavy (non-hydrogen) atoms. The van der Waals surface area contributed by atoms with Crippen LogP contribution in [0.2, 0.25) is 5.02 Å². The predicted octanol–water partition coefficient (Wildman–Crippen LogP) is 6.54. The molecule has 0 aromatic carbocycles. The van der Waals surface area contributed by atoms with Gasteiger partial charge in [0.05, 0.1) is 0 Å². The van der Waals surface area contributed by atoms with E-state index in [1.165, 1.54) is 83.5 Å². The summed E-state index contributed by atoms with van der Waals surface area (Å²) in [5.74, 6) is 0.151. The zero-order chi connectivity index (χ0) is 19.0. The third kappa shape index (κ3) is 10.8. The van der Waals surface area contributed by atoms with E-state index in [9.17, 15) is 9.90 Å². The van der Waals surface area contributed by atoms with E-state index in [0.717, 1.165) is 12.8 Å². The molecule has 0 unspecified atom stereocenters. The van der Waals surface area contributed by atoms with Crippen LogP contribution in [0.25, 0.3) is 0 Å². The Labute approximate surface area is 163 Å². The number of rotatable bonds is 16. The van der Waals surface area contributed by atoms with Gasteiger partial charge in [0.1, 0.15) is 5.82 Å². The molecule has 150 valence electrons. The Bertz CT molecular complexity index is 531. The number of nitrogens with one attached hydrogen (secondary N) is 1. The lowest BCUT2D eigenvalue weighted by molar-refractivity contribution is 0.447. The fourth-order valence-corrected chi connectivity index (χ4v) is 3.36. The van der Waals surface area contributed by atoms with Crippen molar-refractivity contribution in [2.75, 3.05) is 0 Å². The molecule has 1 aromatic rings. The molecular weight excluding hydrogens is 348 g/mol. The normalized spacial score (nSPS) is 11.2. The molecule has 1 aromatic heterocycles. The molecule has 0 fully saturated rings. The van der Waals surface area contributed by atoms with E-state index in [1.807, 2.05) is 0 Å². The monoisotopic (exact) mass is 384 g/mol. The fraction of sp³-hybridized carbons (Fsp3) is 0.810. The maximum Gasteiger partial charge on any atom is 0.273 e. The van der Waals surface area contributed by atoms with Crippen LogP contribution in [0.4, 0.5) is 0 Å². The van der Waals surface area contributed by atoms with Crippen LogP contribution in [-0.4, -0.2) is 15.1 Å². The van der Waals surface area contributed by atoms with Crippen LogP contribution in [0, 0.1) is 0 Å². The highest BCUT2D eigenvalue weighted by molar-refractivity contribution is 6.31. The summed E-state index contributed by atoms with van der Waals surface area (Å²) < 4.78 is 0. The minimum Gasteiger partial charge on any atom is -0.492 e. The number of H-pyrrole nitrogens is 1. The van der Waals surface area contributed by atoms with Crippen LogP contribution in [0.1, 0.15) is 109 Å². The second kappa shape index (κ2) is 15.1. The zero-order valence-corrected chi connectivity index (χ0v) is 17.3. The van der Waals surface area contributed by atoms with Crippen molar-refractivity contribution in [3.8, 4) is 5.88 Å².